The minimum absolute atomic E-state index is 0.00842. The summed E-state index contributed by atoms with van der Waals surface area (Å²) in [6.07, 6.45) is -1.27. The number of aromatic amines is 1. The molecule has 170 valence electrons. The number of carbonyl (C=O) groups excluding carboxylic acids is 1. The summed E-state index contributed by atoms with van der Waals surface area (Å²) in [5.41, 5.74) is 1.79. The van der Waals surface area contributed by atoms with Crippen molar-refractivity contribution in [1.29, 1.82) is 0 Å². The molecular formula is C22H24F3N5O2. The molecule has 0 bridgehead atoms. The second-order valence-electron chi connectivity index (χ2n) is 8.17. The van der Waals surface area contributed by atoms with Crippen LogP contribution in [0.2, 0.25) is 0 Å². The average Bonchev–Trinajstić information content (AvgIpc) is 3.11. The van der Waals surface area contributed by atoms with E-state index < -0.39 is 11.7 Å². The molecule has 4 rings (SSSR count). The number of rotatable bonds is 5. The molecule has 10 heteroatoms. The molecule has 1 amide bonds. The van der Waals surface area contributed by atoms with Crippen molar-refractivity contribution in [3.05, 3.63) is 41.3 Å². The van der Waals surface area contributed by atoms with Gasteiger partial charge < -0.3 is 20.4 Å². The largest absolute Gasteiger partial charge is 0.495 e. The Morgan fingerprint density at radius 2 is 2.06 bits per heavy atom. The van der Waals surface area contributed by atoms with Crippen LogP contribution in [0, 0.1) is 5.92 Å². The van der Waals surface area contributed by atoms with Crippen LogP contribution < -0.4 is 15.4 Å². The number of ether oxygens (including phenoxy) is 1. The number of alkyl halides is 3. The summed E-state index contributed by atoms with van der Waals surface area (Å²) in [5, 5.41) is 6.62. The Kier molecular flexibility index (Phi) is 5.70. The topological polar surface area (TPSA) is 91.9 Å². The first-order chi connectivity index (χ1) is 15.2. The fourth-order valence-corrected chi connectivity index (χ4v) is 4.07. The highest BCUT2D eigenvalue weighted by atomic mass is 19.4. The van der Waals surface area contributed by atoms with E-state index in [2.05, 4.69) is 25.6 Å². The summed E-state index contributed by atoms with van der Waals surface area (Å²) in [7, 11) is 1.39. The molecule has 7 nitrogen and oxygen atoms in total. The molecule has 1 unspecified atom stereocenters. The maximum absolute atomic E-state index is 13.2. The lowest BCUT2D eigenvalue weighted by Crippen LogP contribution is -2.37. The van der Waals surface area contributed by atoms with Gasteiger partial charge >= 0.3 is 6.18 Å². The van der Waals surface area contributed by atoms with E-state index in [4.69, 9.17) is 4.74 Å². The number of nitrogens with zero attached hydrogens (tertiary/aromatic N) is 2. The van der Waals surface area contributed by atoms with Crippen LogP contribution in [0.3, 0.4) is 0 Å². The quantitative estimate of drug-likeness (QED) is 0.541. The Morgan fingerprint density at radius 3 is 2.75 bits per heavy atom. The molecule has 0 fully saturated rings. The van der Waals surface area contributed by atoms with E-state index in [-0.39, 0.29) is 29.3 Å². The number of anilines is 2. The van der Waals surface area contributed by atoms with Crippen molar-refractivity contribution < 1.29 is 22.7 Å². The van der Waals surface area contributed by atoms with Gasteiger partial charge in [-0.1, -0.05) is 0 Å². The van der Waals surface area contributed by atoms with Crippen molar-refractivity contribution in [3.8, 4) is 5.75 Å². The summed E-state index contributed by atoms with van der Waals surface area (Å²) >= 11 is 0. The first kappa shape index (κ1) is 21.9. The summed E-state index contributed by atoms with van der Waals surface area (Å²) < 4.78 is 45.0. The van der Waals surface area contributed by atoms with E-state index in [1.165, 1.54) is 19.5 Å². The van der Waals surface area contributed by atoms with Crippen LogP contribution in [0.15, 0.2) is 24.5 Å². The number of hydrogen-bond acceptors (Lipinski definition) is 5. The second kappa shape index (κ2) is 8.33. The zero-order valence-corrected chi connectivity index (χ0v) is 17.9. The van der Waals surface area contributed by atoms with Crippen molar-refractivity contribution in [3.63, 3.8) is 0 Å². The lowest BCUT2D eigenvalue weighted by atomic mass is 9.86. The number of H-pyrrole nitrogens is 1. The Hall–Kier alpha value is -3.30. The van der Waals surface area contributed by atoms with Crippen LogP contribution in [0.5, 0.6) is 5.75 Å². The van der Waals surface area contributed by atoms with Gasteiger partial charge in [0.05, 0.1) is 23.7 Å². The Labute approximate surface area is 182 Å². The van der Waals surface area contributed by atoms with Gasteiger partial charge in [-0.3, -0.25) is 4.79 Å². The molecule has 0 saturated carbocycles. The first-order valence-electron chi connectivity index (χ1n) is 10.3. The number of amides is 1. The number of aryl methyl sites for hydroxylation is 1. The van der Waals surface area contributed by atoms with Gasteiger partial charge in [-0.25, -0.2) is 9.97 Å². The minimum Gasteiger partial charge on any atom is -0.495 e. The van der Waals surface area contributed by atoms with Gasteiger partial charge in [0, 0.05) is 17.7 Å². The number of fused-ring (bicyclic) bond motifs is 3. The normalized spacial score (nSPS) is 16.2. The fraction of sp³-hybridized carbons (Fsp3) is 0.409. The third kappa shape index (κ3) is 4.21. The third-order valence-electron chi connectivity index (χ3n) is 5.56. The maximum Gasteiger partial charge on any atom is 0.416 e. The fourth-order valence-electron chi connectivity index (χ4n) is 4.07. The summed E-state index contributed by atoms with van der Waals surface area (Å²) in [6.45, 7) is 3.83. The molecule has 3 aromatic rings. The monoisotopic (exact) mass is 447 g/mol. The predicted octanol–water partition coefficient (Wildman–Crippen LogP) is 4.36. The zero-order chi connectivity index (χ0) is 23.0. The smallest absolute Gasteiger partial charge is 0.416 e. The maximum atomic E-state index is 13.2. The molecular weight excluding hydrogens is 423 g/mol. The molecule has 2 aromatic heterocycles. The zero-order valence-electron chi connectivity index (χ0n) is 17.9. The van der Waals surface area contributed by atoms with Crippen LogP contribution in [-0.4, -0.2) is 34.0 Å². The standard InChI is InChI=1S/C22H24F3N5O2/c1-11(2)28-21(31)12-4-6-15-14(8-12)18-19(29-15)26-10-27-20(18)30-16-9-13(22(23,24)25)5-7-17(16)32-3/h5,7,9-12H,4,6,8H2,1-3H3,(H,28,31)(H2,26,27,29,30). The van der Waals surface area contributed by atoms with Gasteiger partial charge in [-0.2, -0.15) is 13.2 Å². The average molecular weight is 447 g/mol. The Balaban J connectivity index is 1.73. The molecule has 0 spiro atoms. The van der Waals surface area contributed by atoms with E-state index in [1.54, 1.807) is 0 Å². The Bertz CT molecular complexity index is 1160. The number of hydrogen-bond donors (Lipinski definition) is 3. The number of halogens is 3. The highest BCUT2D eigenvalue weighted by Gasteiger charge is 2.32. The van der Waals surface area contributed by atoms with Gasteiger partial charge in [0.25, 0.3) is 0 Å². The highest BCUT2D eigenvalue weighted by Crippen LogP contribution is 2.39. The molecule has 1 aliphatic rings. The number of aromatic nitrogens is 3. The molecule has 2 heterocycles. The minimum atomic E-state index is -4.49. The van der Waals surface area contributed by atoms with Crippen molar-refractivity contribution in [2.45, 2.75) is 45.3 Å². The summed E-state index contributed by atoms with van der Waals surface area (Å²) in [6, 6.07) is 3.27. The summed E-state index contributed by atoms with van der Waals surface area (Å²) in [4.78, 5) is 24.4. The van der Waals surface area contributed by atoms with E-state index >= 15 is 0 Å². The predicted molar refractivity (Wildman–Crippen MR) is 114 cm³/mol. The highest BCUT2D eigenvalue weighted by molar-refractivity contribution is 5.94. The molecule has 1 aromatic carbocycles. The number of benzene rings is 1. The van der Waals surface area contributed by atoms with E-state index in [9.17, 15) is 18.0 Å². The molecule has 1 aliphatic carbocycles. The van der Waals surface area contributed by atoms with Gasteiger partial charge in [0.2, 0.25) is 5.91 Å². The lowest BCUT2D eigenvalue weighted by Gasteiger charge is -2.23. The van der Waals surface area contributed by atoms with E-state index in [1.807, 2.05) is 13.8 Å². The van der Waals surface area contributed by atoms with Crippen LogP contribution in [-0.2, 0) is 23.8 Å². The molecule has 0 saturated heterocycles. The first-order valence-corrected chi connectivity index (χ1v) is 10.3. The van der Waals surface area contributed by atoms with Crippen LogP contribution >= 0.6 is 0 Å². The van der Waals surface area contributed by atoms with Crippen LogP contribution in [0.4, 0.5) is 24.7 Å². The molecule has 32 heavy (non-hydrogen) atoms. The third-order valence-corrected chi connectivity index (χ3v) is 5.56. The molecule has 1 atom stereocenters. The second-order valence-corrected chi connectivity index (χ2v) is 8.17. The van der Waals surface area contributed by atoms with E-state index in [0.717, 1.165) is 23.4 Å². The van der Waals surface area contributed by atoms with Gasteiger partial charge in [0.15, 0.2) is 0 Å². The number of carbonyl (C=O) groups is 1. The van der Waals surface area contributed by atoms with E-state index in [0.29, 0.717) is 36.1 Å². The molecule has 3 N–H and O–H groups in total. The van der Waals surface area contributed by atoms with Gasteiger partial charge in [-0.05, 0) is 56.9 Å². The molecule has 0 radical (unpaired) electrons. The van der Waals surface area contributed by atoms with Gasteiger partial charge in [-0.15, -0.1) is 0 Å². The molecule has 0 aliphatic heterocycles. The number of nitrogens with one attached hydrogen (secondary N) is 3. The Morgan fingerprint density at radius 1 is 1.28 bits per heavy atom. The van der Waals surface area contributed by atoms with Crippen LogP contribution in [0.1, 0.15) is 37.1 Å². The van der Waals surface area contributed by atoms with Gasteiger partial charge in [0.1, 0.15) is 23.5 Å². The van der Waals surface area contributed by atoms with Crippen molar-refractivity contribution >= 4 is 28.4 Å². The van der Waals surface area contributed by atoms with Crippen molar-refractivity contribution in [2.75, 3.05) is 12.4 Å². The van der Waals surface area contributed by atoms with Crippen LogP contribution in [0.25, 0.3) is 11.0 Å². The lowest BCUT2D eigenvalue weighted by molar-refractivity contribution is -0.137. The van der Waals surface area contributed by atoms with Crippen molar-refractivity contribution in [1.82, 2.24) is 20.3 Å². The number of methoxy groups -OCH3 is 1. The van der Waals surface area contributed by atoms with Crippen molar-refractivity contribution in [2.24, 2.45) is 5.92 Å². The SMILES string of the molecule is COc1ccc(C(F)(F)F)cc1Nc1ncnc2[nH]c3c(c12)CC(C(=O)NC(C)C)CC3. The summed E-state index contributed by atoms with van der Waals surface area (Å²) in [5.74, 6) is 0.407.